The first kappa shape index (κ1) is 13.9. The molecule has 2 aliphatic carbocycles. The van der Waals surface area contributed by atoms with E-state index < -0.39 is 0 Å². The van der Waals surface area contributed by atoms with Crippen molar-refractivity contribution in [3.63, 3.8) is 0 Å². The van der Waals surface area contributed by atoms with Crippen molar-refractivity contribution in [2.45, 2.75) is 82.8 Å². The highest BCUT2D eigenvalue weighted by Gasteiger charge is 2.35. The predicted octanol–water partition coefficient (Wildman–Crippen LogP) is 3.58. The van der Waals surface area contributed by atoms with Gasteiger partial charge in [-0.3, -0.25) is 4.90 Å². The highest BCUT2D eigenvalue weighted by atomic mass is 16.3. The molecule has 19 heavy (non-hydrogen) atoms. The first-order valence-electron chi connectivity index (χ1n) is 8.77. The van der Waals surface area contributed by atoms with Crippen LogP contribution in [0.4, 0.5) is 0 Å². The van der Waals surface area contributed by atoms with Crippen molar-refractivity contribution in [1.29, 1.82) is 0 Å². The van der Waals surface area contributed by atoms with E-state index in [0.29, 0.717) is 5.92 Å². The van der Waals surface area contributed by atoms with Gasteiger partial charge in [-0.15, -0.1) is 0 Å². The molecule has 0 aromatic rings. The van der Waals surface area contributed by atoms with E-state index in [1.807, 2.05) is 0 Å². The summed E-state index contributed by atoms with van der Waals surface area (Å²) < 4.78 is 0. The van der Waals surface area contributed by atoms with E-state index in [-0.39, 0.29) is 6.10 Å². The monoisotopic (exact) mass is 265 g/mol. The Kier molecular flexibility index (Phi) is 4.81. The smallest absolute Gasteiger partial charge is 0.0580 e. The van der Waals surface area contributed by atoms with E-state index in [9.17, 15) is 5.11 Å². The molecule has 0 radical (unpaired) electrons. The van der Waals surface area contributed by atoms with Gasteiger partial charge in [-0.25, -0.2) is 0 Å². The molecule has 1 heterocycles. The fraction of sp³-hybridized carbons (Fsp3) is 1.00. The van der Waals surface area contributed by atoms with Gasteiger partial charge in [-0.2, -0.15) is 0 Å². The van der Waals surface area contributed by atoms with Crippen molar-refractivity contribution in [3.8, 4) is 0 Å². The van der Waals surface area contributed by atoms with Gasteiger partial charge in [-0.1, -0.05) is 32.1 Å². The average Bonchev–Trinajstić information content (AvgIpc) is 3.03. The van der Waals surface area contributed by atoms with Crippen LogP contribution in [0, 0.1) is 11.8 Å². The second-order valence-corrected chi connectivity index (χ2v) is 7.21. The summed E-state index contributed by atoms with van der Waals surface area (Å²) in [5.41, 5.74) is 0. The molecule has 3 rings (SSSR count). The minimum absolute atomic E-state index is 0.0210. The minimum atomic E-state index is -0.0210. The third kappa shape index (κ3) is 3.33. The largest absolute Gasteiger partial charge is 0.393 e. The zero-order valence-electron chi connectivity index (χ0n) is 12.4. The zero-order valence-corrected chi connectivity index (χ0v) is 12.4. The van der Waals surface area contributed by atoms with Gasteiger partial charge in [0.05, 0.1) is 6.10 Å². The summed E-state index contributed by atoms with van der Waals surface area (Å²) >= 11 is 0. The summed E-state index contributed by atoms with van der Waals surface area (Å²) in [6, 6.07) is 0.859. The van der Waals surface area contributed by atoms with Gasteiger partial charge in [-0.05, 0) is 56.9 Å². The highest BCUT2D eigenvalue weighted by Crippen LogP contribution is 2.36. The second-order valence-electron chi connectivity index (χ2n) is 7.21. The van der Waals surface area contributed by atoms with Crippen LogP contribution in [0.15, 0.2) is 0 Å². The van der Waals surface area contributed by atoms with Crippen LogP contribution in [-0.4, -0.2) is 35.2 Å². The van der Waals surface area contributed by atoms with Crippen molar-refractivity contribution < 1.29 is 5.11 Å². The van der Waals surface area contributed by atoms with Crippen molar-refractivity contribution in [3.05, 3.63) is 0 Å². The topological polar surface area (TPSA) is 23.5 Å². The van der Waals surface area contributed by atoms with Crippen LogP contribution >= 0.6 is 0 Å². The lowest BCUT2D eigenvalue weighted by atomic mass is 9.93. The van der Waals surface area contributed by atoms with Crippen LogP contribution in [0.3, 0.4) is 0 Å². The van der Waals surface area contributed by atoms with E-state index in [2.05, 4.69) is 4.90 Å². The van der Waals surface area contributed by atoms with Crippen LogP contribution < -0.4 is 0 Å². The van der Waals surface area contributed by atoms with Crippen LogP contribution in [0.25, 0.3) is 0 Å². The Bertz CT molecular complexity index is 274. The summed E-state index contributed by atoms with van der Waals surface area (Å²) in [5, 5.41) is 10.3. The predicted molar refractivity (Wildman–Crippen MR) is 79.1 cm³/mol. The molecule has 1 saturated heterocycles. The lowest BCUT2D eigenvalue weighted by molar-refractivity contribution is 0.0621. The van der Waals surface area contributed by atoms with Gasteiger partial charge >= 0.3 is 0 Å². The molecule has 2 nitrogen and oxygen atoms in total. The lowest BCUT2D eigenvalue weighted by Gasteiger charge is -2.33. The second kappa shape index (κ2) is 6.58. The molecule has 3 aliphatic rings. The van der Waals surface area contributed by atoms with E-state index >= 15 is 0 Å². The number of nitrogens with zero attached hydrogens (tertiary/aromatic N) is 1. The Morgan fingerprint density at radius 3 is 2.37 bits per heavy atom. The molecular weight excluding hydrogens is 234 g/mol. The van der Waals surface area contributed by atoms with Crippen molar-refractivity contribution in [2.24, 2.45) is 11.8 Å². The molecule has 3 fully saturated rings. The van der Waals surface area contributed by atoms with Gasteiger partial charge in [0.1, 0.15) is 0 Å². The van der Waals surface area contributed by atoms with Gasteiger partial charge in [0.25, 0.3) is 0 Å². The Morgan fingerprint density at radius 1 is 0.789 bits per heavy atom. The molecule has 0 spiro atoms. The third-order valence-corrected chi connectivity index (χ3v) is 5.95. The first-order chi connectivity index (χ1) is 9.34. The van der Waals surface area contributed by atoms with Crippen LogP contribution in [-0.2, 0) is 0 Å². The Balaban J connectivity index is 1.57. The number of rotatable bonds is 3. The molecule has 1 N–H and O–H groups in total. The maximum absolute atomic E-state index is 10.3. The maximum Gasteiger partial charge on any atom is 0.0580 e. The minimum Gasteiger partial charge on any atom is -0.393 e. The van der Waals surface area contributed by atoms with Gasteiger partial charge in [0, 0.05) is 12.6 Å². The maximum atomic E-state index is 10.3. The van der Waals surface area contributed by atoms with Crippen molar-refractivity contribution >= 4 is 0 Å². The van der Waals surface area contributed by atoms with Crippen LogP contribution in [0.1, 0.15) is 70.6 Å². The fourth-order valence-corrected chi connectivity index (χ4v) is 4.83. The van der Waals surface area contributed by atoms with E-state index in [1.54, 1.807) is 0 Å². The zero-order chi connectivity index (χ0) is 13.1. The summed E-state index contributed by atoms with van der Waals surface area (Å²) in [6.45, 7) is 2.48. The molecule has 0 aromatic heterocycles. The molecular formula is C17H31NO. The molecule has 0 bridgehead atoms. The van der Waals surface area contributed by atoms with Gasteiger partial charge in [0.15, 0.2) is 0 Å². The Morgan fingerprint density at radius 2 is 1.53 bits per heavy atom. The van der Waals surface area contributed by atoms with Crippen LogP contribution in [0.5, 0.6) is 0 Å². The number of aliphatic hydroxyl groups is 1. The normalized spacial score (nSPS) is 38.7. The highest BCUT2D eigenvalue weighted by molar-refractivity contribution is 4.89. The molecule has 1 aliphatic heterocycles. The molecule has 0 amide bonds. The first-order valence-corrected chi connectivity index (χ1v) is 8.77. The quantitative estimate of drug-likeness (QED) is 0.788. The van der Waals surface area contributed by atoms with Crippen LogP contribution in [0.2, 0.25) is 0 Å². The summed E-state index contributed by atoms with van der Waals surface area (Å²) in [4.78, 5) is 2.76. The van der Waals surface area contributed by atoms with E-state index in [0.717, 1.165) is 18.4 Å². The molecule has 2 saturated carbocycles. The third-order valence-electron chi connectivity index (χ3n) is 5.95. The number of hydrogen-bond acceptors (Lipinski definition) is 2. The molecule has 0 aromatic carbocycles. The number of aliphatic hydroxyl groups excluding tert-OH is 1. The summed E-state index contributed by atoms with van der Waals surface area (Å²) in [6.07, 6.45) is 14.9. The van der Waals surface area contributed by atoms with Gasteiger partial charge < -0.3 is 5.11 Å². The van der Waals surface area contributed by atoms with E-state index in [4.69, 9.17) is 0 Å². The average molecular weight is 265 g/mol. The molecule has 3 unspecified atom stereocenters. The summed E-state index contributed by atoms with van der Waals surface area (Å²) in [5.74, 6) is 1.54. The standard InChI is InChI=1S/C17H31NO/c19-17-11-3-1-2-9-15(17)13-18-12-6-10-16(18)14-7-4-5-8-14/h14-17,19H,1-13H2. The number of hydrogen-bond donors (Lipinski definition) is 1. The number of likely N-dealkylation sites (tertiary alicyclic amines) is 1. The Labute approximate surface area is 118 Å². The lowest BCUT2D eigenvalue weighted by Crippen LogP contribution is -2.40. The SMILES string of the molecule is OC1CCCCCC1CN1CCCC1C1CCCC1. The van der Waals surface area contributed by atoms with Crippen molar-refractivity contribution in [2.75, 3.05) is 13.1 Å². The summed E-state index contributed by atoms with van der Waals surface area (Å²) in [7, 11) is 0. The van der Waals surface area contributed by atoms with Crippen molar-refractivity contribution in [1.82, 2.24) is 4.90 Å². The molecule has 2 heteroatoms. The molecule has 3 atom stereocenters. The molecule has 110 valence electrons. The van der Waals surface area contributed by atoms with E-state index in [1.165, 1.54) is 77.3 Å². The Hall–Kier alpha value is -0.0800. The van der Waals surface area contributed by atoms with Gasteiger partial charge in [0.2, 0.25) is 0 Å². The fourth-order valence-electron chi connectivity index (χ4n) is 4.83.